The lowest BCUT2D eigenvalue weighted by atomic mass is 10.1. The number of halogens is 1. The third-order valence-corrected chi connectivity index (χ3v) is 1.70. The lowest BCUT2D eigenvalue weighted by molar-refractivity contribution is -0.138. The highest BCUT2D eigenvalue weighted by molar-refractivity contribution is 6.20. The predicted molar refractivity (Wildman–Crippen MR) is 43.5 cm³/mol. The molecule has 0 saturated carbocycles. The van der Waals surface area contributed by atoms with Crippen LogP contribution in [0.5, 0.6) is 0 Å². The van der Waals surface area contributed by atoms with Crippen LogP contribution in [0, 0.1) is 0 Å². The molecule has 0 aliphatic rings. The molecular weight excluding hydrogens is 168 g/mol. The molecule has 4 nitrogen and oxygen atoms in total. The second-order valence-electron chi connectivity index (χ2n) is 2.36. The van der Waals surface area contributed by atoms with Crippen LogP contribution in [0.1, 0.15) is 12.8 Å². The van der Waals surface area contributed by atoms with Crippen LogP contribution in [0.2, 0.25) is 0 Å². The van der Waals surface area contributed by atoms with Gasteiger partial charge in [0, 0.05) is 5.38 Å². The maximum absolute atomic E-state index is 10.2. The van der Waals surface area contributed by atoms with Gasteiger partial charge in [0.05, 0.1) is 0 Å². The van der Waals surface area contributed by atoms with E-state index < -0.39 is 12.0 Å². The first-order valence-electron chi connectivity index (χ1n) is 3.40. The van der Waals surface area contributed by atoms with Crippen LogP contribution in [-0.2, 0) is 4.79 Å². The molecule has 0 heterocycles. The Kier molecular flexibility index (Phi) is 5.19. The summed E-state index contributed by atoms with van der Waals surface area (Å²) in [6, 6.07) is -0.871. The smallest absolute Gasteiger partial charge is 0.320 e. The second kappa shape index (κ2) is 5.35. The number of alkyl halides is 1. The van der Waals surface area contributed by atoms with Gasteiger partial charge in [-0.3, -0.25) is 4.79 Å². The third-order valence-electron chi connectivity index (χ3n) is 1.31. The molecule has 2 atom stereocenters. The van der Waals surface area contributed by atoms with Gasteiger partial charge in [-0.15, -0.1) is 11.6 Å². The van der Waals surface area contributed by atoms with Crippen molar-refractivity contribution in [3.63, 3.8) is 0 Å². The van der Waals surface area contributed by atoms with Gasteiger partial charge in [0.25, 0.3) is 0 Å². The van der Waals surface area contributed by atoms with Gasteiger partial charge >= 0.3 is 5.97 Å². The average molecular weight is 181 g/mol. The Balaban J connectivity index is 3.56. The maximum Gasteiger partial charge on any atom is 0.320 e. The van der Waals surface area contributed by atoms with E-state index in [1.165, 1.54) is 0 Å². The predicted octanol–water partition coefficient (Wildman–Crippen LogP) is -0.255. The normalized spacial score (nSPS) is 15.9. The first-order chi connectivity index (χ1) is 5.07. The van der Waals surface area contributed by atoms with Gasteiger partial charge in [-0.2, -0.15) is 0 Å². The topological polar surface area (TPSA) is 89.3 Å². The number of carbonyl (C=O) groups is 1. The summed E-state index contributed by atoms with van der Waals surface area (Å²) in [7, 11) is 0. The molecule has 5 N–H and O–H groups in total. The molecule has 0 spiro atoms. The number of aliphatic carboxylic acids is 1. The van der Waals surface area contributed by atoms with Crippen molar-refractivity contribution in [1.29, 1.82) is 0 Å². The molecule has 0 fully saturated rings. The fourth-order valence-corrected chi connectivity index (χ4v) is 0.993. The zero-order valence-electron chi connectivity index (χ0n) is 6.16. The monoisotopic (exact) mass is 180 g/mol. The van der Waals surface area contributed by atoms with Crippen LogP contribution < -0.4 is 11.5 Å². The molecule has 0 radical (unpaired) electrons. The molecule has 11 heavy (non-hydrogen) atoms. The van der Waals surface area contributed by atoms with Gasteiger partial charge in [0.15, 0.2) is 0 Å². The number of hydrogen-bond donors (Lipinski definition) is 3. The zero-order valence-corrected chi connectivity index (χ0v) is 6.92. The molecule has 0 saturated heterocycles. The minimum Gasteiger partial charge on any atom is -0.480 e. The first-order valence-corrected chi connectivity index (χ1v) is 3.84. The summed E-state index contributed by atoms with van der Waals surface area (Å²) in [5.41, 5.74) is 10.4. The number of hydrogen-bond acceptors (Lipinski definition) is 3. The molecule has 0 aromatic heterocycles. The minimum absolute atomic E-state index is 0.230. The number of nitrogens with two attached hydrogens (primary N) is 2. The fourth-order valence-electron chi connectivity index (χ4n) is 0.675. The van der Waals surface area contributed by atoms with Crippen molar-refractivity contribution in [3.8, 4) is 0 Å². The Morgan fingerprint density at radius 1 is 1.64 bits per heavy atom. The van der Waals surface area contributed by atoms with Crippen molar-refractivity contribution in [2.75, 3.05) is 6.54 Å². The third kappa shape index (κ3) is 5.01. The highest BCUT2D eigenvalue weighted by atomic mass is 35.5. The Bertz CT molecular complexity index is 132. The number of rotatable bonds is 5. The summed E-state index contributed by atoms with van der Waals surface area (Å²) in [4.78, 5) is 10.2. The molecule has 5 heteroatoms. The summed E-state index contributed by atoms with van der Waals surface area (Å²) in [6.45, 7) is 0.459. The molecule has 0 aromatic rings. The maximum atomic E-state index is 10.2. The van der Waals surface area contributed by atoms with Gasteiger partial charge < -0.3 is 16.6 Å². The average Bonchev–Trinajstić information content (AvgIpc) is 1.87. The molecule has 0 amide bonds. The lowest BCUT2D eigenvalue weighted by Gasteiger charge is -2.10. The minimum atomic E-state index is -1.02. The molecule has 66 valence electrons. The highest BCUT2D eigenvalue weighted by Gasteiger charge is 2.15. The highest BCUT2D eigenvalue weighted by Crippen LogP contribution is 2.07. The molecule has 0 bridgehead atoms. The number of carboxylic acids is 1. The zero-order chi connectivity index (χ0) is 8.85. The van der Waals surface area contributed by atoms with Crippen molar-refractivity contribution in [2.24, 2.45) is 11.5 Å². The molecule has 0 aliphatic heterocycles. The molecule has 0 aliphatic carbocycles. The standard InChI is InChI=1S/C6H13ClN2O2/c7-4(1-2-8)3-5(9)6(10)11/h4-5H,1-3,8-9H2,(H,10,11)/t4-,5-/m0/s1. The Labute approximate surface area is 70.5 Å². The summed E-state index contributed by atoms with van der Waals surface area (Å²) in [6.07, 6.45) is 0.872. The molecule has 0 unspecified atom stereocenters. The van der Waals surface area contributed by atoms with Crippen molar-refractivity contribution in [1.82, 2.24) is 0 Å². The Morgan fingerprint density at radius 2 is 2.18 bits per heavy atom. The van der Waals surface area contributed by atoms with E-state index in [1.807, 2.05) is 0 Å². The van der Waals surface area contributed by atoms with E-state index in [0.29, 0.717) is 13.0 Å². The Hall–Kier alpha value is -0.320. The lowest BCUT2D eigenvalue weighted by Crippen LogP contribution is -2.33. The van der Waals surface area contributed by atoms with Crippen LogP contribution in [-0.4, -0.2) is 29.0 Å². The van der Waals surface area contributed by atoms with Crippen molar-refractivity contribution in [2.45, 2.75) is 24.3 Å². The van der Waals surface area contributed by atoms with Gasteiger partial charge in [-0.1, -0.05) is 0 Å². The largest absolute Gasteiger partial charge is 0.480 e. The van der Waals surface area contributed by atoms with Gasteiger partial charge in [-0.25, -0.2) is 0 Å². The molecule has 0 rings (SSSR count). The SMILES string of the molecule is NCC[C@H](Cl)C[C@H](N)C(=O)O. The quantitative estimate of drug-likeness (QED) is 0.509. The van der Waals surface area contributed by atoms with Crippen LogP contribution in [0.4, 0.5) is 0 Å². The summed E-state index contributed by atoms with van der Waals surface area (Å²) in [5.74, 6) is -1.02. The van der Waals surface area contributed by atoms with Crippen LogP contribution in [0.25, 0.3) is 0 Å². The Morgan fingerprint density at radius 3 is 2.55 bits per heavy atom. The van der Waals surface area contributed by atoms with E-state index in [0.717, 1.165) is 0 Å². The fraction of sp³-hybridized carbons (Fsp3) is 0.833. The first kappa shape index (κ1) is 10.7. The molecular formula is C6H13ClN2O2. The van der Waals surface area contributed by atoms with E-state index >= 15 is 0 Å². The van der Waals surface area contributed by atoms with Gasteiger partial charge in [0.2, 0.25) is 0 Å². The van der Waals surface area contributed by atoms with E-state index in [2.05, 4.69) is 0 Å². The van der Waals surface area contributed by atoms with E-state index in [9.17, 15) is 4.79 Å². The van der Waals surface area contributed by atoms with E-state index in [-0.39, 0.29) is 11.8 Å². The summed E-state index contributed by atoms with van der Waals surface area (Å²) in [5, 5.41) is 8.15. The van der Waals surface area contributed by atoms with Crippen LogP contribution >= 0.6 is 11.6 Å². The van der Waals surface area contributed by atoms with Crippen LogP contribution in [0.15, 0.2) is 0 Å². The van der Waals surface area contributed by atoms with Crippen molar-refractivity contribution in [3.05, 3.63) is 0 Å². The van der Waals surface area contributed by atoms with Gasteiger partial charge in [-0.05, 0) is 19.4 Å². The van der Waals surface area contributed by atoms with E-state index in [4.69, 9.17) is 28.2 Å². The van der Waals surface area contributed by atoms with Gasteiger partial charge in [0.1, 0.15) is 6.04 Å². The number of carboxylic acid groups (broad SMARTS) is 1. The van der Waals surface area contributed by atoms with Crippen LogP contribution in [0.3, 0.4) is 0 Å². The summed E-state index contributed by atoms with van der Waals surface area (Å²) < 4.78 is 0. The molecule has 0 aromatic carbocycles. The van der Waals surface area contributed by atoms with E-state index in [1.54, 1.807) is 0 Å². The van der Waals surface area contributed by atoms with Crippen molar-refractivity contribution < 1.29 is 9.90 Å². The summed E-state index contributed by atoms with van der Waals surface area (Å²) >= 11 is 5.70. The second-order valence-corrected chi connectivity index (χ2v) is 2.97. The van der Waals surface area contributed by atoms with Crippen molar-refractivity contribution >= 4 is 17.6 Å².